The zero-order valence-corrected chi connectivity index (χ0v) is 16.3. The molecule has 2 aliphatic rings. The Hall–Kier alpha value is -1.85. The zero-order chi connectivity index (χ0) is 18.6. The van der Waals surface area contributed by atoms with Crippen LogP contribution < -0.4 is 5.32 Å². The lowest BCUT2D eigenvalue weighted by molar-refractivity contribution is -0.121. The van der Waals surface area contributed by atoms with Crippen LogP contribution in [0.1, 0.15) is 48.3 Å². The van der Waals surface area contributed by atoms with E-state index in [0.29, 0.717) is 12.8 Å². The number of carbonyl (C=O) groups is 1. The summed E-state index contributed by atoms with van der Waals surface area (Å²) in [5.74, 6) is 1.09. The second-order valence-electron chi connectivity index (χ2n) is 7.61. The first-order chi connectivity index (χ1) is 13.2. The standard InChI is InChI=1S/C21H26ClN3O2/c22-18-6-2-1-5-15(18)7-10-21(26)23-16-8-9-20-17(13-16)19(24-27-20)14-25-11-3-4-12-25/h1-2,5-6,16H,3-4,7-14H2,(H,23,26). The smallest absolute Gasteiger partial charge is 0.220 e. The van der Waals surface area contributed by atoms with E-state index in [1.807, 2.05) is 24.3 Å². The van der Waals surface area contributed by atoms with Crippen LogP contribution >= 0.6 is 11.6 Å². The largest absolute Gasteiger partial charge is 0.361 e. The number of aromatic nitrogens is 1. The van der Waals surface area contributed by atoms with Crippen LogP contribution in [0.5, 0.6) is 0 Å². The Morgan fingerprint density at radius 2 is 2.11 bits per heavy atom. The number of likely N-dealkylation sites (tertiary alicyclic amines) is 1. The predicted molar refractivity (Wildman–Crippen MR) is 105 cm³/mol. The first-order valence-electron chi connectivity index (χ1n) is 9.90. The Kier molecular flexibility index (Phi) is 5.79. The Morgan fingerprint density at radius 3 is 2.93 bits per heavy atom. The molecule has 0 saturated carbocycles. The lowest BCUT2D eigenvalue weighted by atomic mass is 9.91. The molecule has 6 heteroatoms. The van der Waals surface area contributed by atoms with Gasteiger partial charge in [-0.1, -0.05) is 35.0 Å². The van der Waals surface area contributed by atoms with Gasteiger partial charge in [-0.2, -0.15) is 0 Å². The molecule has 1 aromatic carbocycles. The highest BCUT2D eigenvalue weighted by molar-refractivity contribution is 6.31. The number of amides is 1. The van der Waals surface area contributed by atoms with Crippen LogP contribution in [0.4, 0.5) is 0 Å². The van der Waals surface area contributed by atoms with E-state index in [4.69, 9.17) is 16.1 Å². The number of hydrogen-bond donors (Lipinski definition) is 1. The minimum absolute atomic E-state index is 0.0842. The Bertz CT molecular complexity index is 798. The number of carbonyl (C=O) groups excluding carboxylic acids is 1. The molecule has 1 atom stereocenters. The van der Waals surface area contributed by atoms with Crippen LogP contribution in [0.25, 0.3) is 0 Å². The van der Waals surface area contributed by atoms with Crippen molar-refractivity contribution < 1.29 is 9.32 Å². The maximum Gasteiger partial charge on any atom is 0.220 e. The van der Waals surface area contributed by atoms with Crippen molar-refractivity contribution in [2.24, 2.45) is 0 Å². The molecule has 1 fully saturated rings. The second-order valence-corrected chi connectivity index (χ2v) is 8.02. The number of fused-ring (bicyclic) bond motifs is 1. The summed E-state index contributed by atoms with van der Waals surface area (Å²) in [5, 5.41) is 8.24. The summed E-state index contributed by atoms with van der Waals surface area (Å²) in [5.41, 5.74) is 3.29. The molecule has 1 N–H and O–H groups in total. The first kappa shape index (κ1) is 18.5. The van der Waals surface area contributed by atoms with E-state index in [0.717, 1.165) is 60.9 Å². The van der Waals surface area contributed by atoms with E-state index in [1.165, 1.54) is 18.4 Å². The Balaban J connectivity index is 1.31. The van der Waals surface area contributed by atoms with Gasteiger partial charge in [0, 0.05) is 36.0 Å². The molecule has 0 spiro atoms. The topological polar surface area (TPSA) is 58.4 Å². The second kappa shape index (κ2) is 8.44. The number of nitrogens with one attached hydrogen (secondary N) is 1. The summed E-state index contributed by atoms with van der Waals surface area (Å²) >= 11 is 6.18. The molecule has 1 saturated heterocycles. The van der Waals surface area contributed by atoms with Gasteiger partial charge in [0.2, 0.25) is 5.91 Å². The predicted octanol–water partition coefficient (Wildman–Crippen LogP) is 3.53. The maximum absolute atomic E-state index is 12.4. The number of rotatable bonds is 6. The summed E-state index contributed by atoms with van der Waals surface area (Å²) in [7, 11) is 0. The normalized spacial score (nSPS) is 19.8. The molecule has 0 bridgehead atoms. The van der Waals surface area contributed by atoms with Crippen molar-refractivity contribution in [1.82, 2.24) is 15.4 Å². The van der Waals surface area contributed by atoms with E-state index in [9.17, 15) is 4.79 Å². The highest BCUT2D eigenvalue weighted by Crippen LogP contribution is 2.26. The quantitative estimate of drug-likeness (QED) is 0.823. The molecule has 1 aliphatic heterocycles. The molecule has 27 heavy (non-hydrogen) atoms. The van der Waals surface area contributed by atoms with Crippen LogP contribution in [-0.2, 0) is 30.6 Å². The highest BCUT2D eigenvalue weighted by atomic mass is 35.5. The van der Waals surface area contributed by atoms with Crippen molar-refractivity contribution in [1.29, 1.82) is 0 Å². The van der Waals surface area contributed by atoms with Gasteiger partial charge >= 0.3 is 0 Å². The van der Waals surface area contributed by atoms with E-state index in [1.54, 1.807) is 0 Å². The molecule has 1 unspecified atom stereocenters. The fraction of sp³-hybridized carbons (Fsp3) is 0.524. The van der Waals surface area contributed by atoms with Gasteiger partial charge in [0.25, 0.3) is 0 Å². The molecule has 1 aromatic heterocycles. The van der Waals surface area contributed by atoms with Gasteiger partial charge in [-0.15, -0.1) is 0 Å². The third-order valence-electron chi connectivity index (χ3n) is 5.64. The van der Waals surface area contributed by atoms with Crippen molar-refractivity contribution in [3.63, 3.8) is 0 Å². The van der Waals surface area contributed by atoms with Crippen LogP contribution in [-0.4, -0.2) is 35.1 Å². The maximum atomic E-state index is 12.4. The van der Waals surface area contributed by atoms with Crippen LogP contribution in [0, 0.1) is 0 Å². The summed E-state index contributed by atoms with van der Waals surface area (Å²) in [6.45, 7) is 3.15. The number of hydrogen-bond acceptors (Lipinski definition) is 4. The van der Waals surface area contributed by atoms with E-state index in [-0.39, 0.29) is 11.9 Å². The van der Waals surface area contributed by atoms with Crippen molar-refractivity contribution >= 4 is 17.5 Å². The molecule has 5 nitrogen and oxygen atoms in total. The lowest BCUT2D eigenvalue weighted by Gasteiger charge is -2.23. The van der Waals surface area contributed by atoms with Crippen molar-refractivity contribution in [3.05, 3.63) is 51.9 Å². The van der Waals surface area contributed by atoms with Crippen molar-refractivity contribution in [2.75, 3.05) is 13.1 Å². The molecule has 2 aromatic rings. The van der Waals surface area contributed by atoms with E-state index in [2.05, 4.69) is 15.4 Å². The van der Waals surface area contributed by atoms with E-state index >= 15 is 0 Å². The minimum Gasteiger partial charge on any atom is -0.361 e. The molecule has 1 aliphatic carbocycles. The third-order valence-corrected chi connectivity index (χ3v) is 6.01. The molecule has 2 heterocycles. The van der Waals surface area contributed by atoms with Gasteiger partial charge in [-0.25, -0.2) is 0 Å². The van der Waals surface area contributed by atoms with Gasteiger partial charge in [0.05, 0.1) is 0 Å². The van der Waals surface area contributed by atoms with Crippen LogP contribution in [0.3, 0.4) is 0 Å². The minimum atomic E-state index is 0.0842. The average Bonchev–Trinajstić information content (AvgIpc) is 3.32. The summed E-state index contributed by atoms with van der Waals surface area (Å²) in [6.07, 6.45) is 6.23. The summed E-state index contributed by atoms with van der Waals surface area (Å²) < 4.78 is 5.57. The van der Waals surface area contributed by atoms with Crippen molar-refractivity contribution in [2.45, 2.75) is 57.5 Å². The van der Waals surface area contributed by atoms with Gasteiger partial charge in [-0.05, 0) is 56.8 Å². The van der Waals surface area contributed by atoms with Gasteiger partial charge in [0.15, 0.2) is 0 Å². The summed E-state index contributed by atoms with van der Waals surface area (Å²) in [4.78, 5) is 14.8. The average molecular weight is 388 g/mol. The fourth-order valence-corrected chi connectivity index (χ4v) is 4.34. The third kappa shape index (κ3) is 4.53. The van der Waals surface area contributed by atoms with Crippen molar-refractivity contribution in [3.8, 4) is 0 Å². The van der Waals surface area contributed by atoms with E-state index < -0.39 is 0 Å². The lowest BCUT2D eigenvalue weighted by Crippen LogP contribution is -2.39. The molecular weight excluding hydrogens is 362 g/mol. The fourth-order valence-electron chi connectivity index (χ4n) is 4.11. The Labute approximate surface area is 165 Å². The molecule has 0 radical (unpaired) electrons. The van der Waals surface area contributed by atoms with Gasteiger partial charge in [-0.3, -0.25) is 9.69 Å². The van der Waals surface area contributed by atoms with Gasteiger partial charge < -0.3 is 9.84 Å². The number of aryl methyl sites for hydroxylation is 2. The zero-order valence-electron chi connectivity index (χ0n) is 15.5. The molecular formula is C21H26ClN3O2. The highest BCUT2D eigenvalue weighted by Gasteiger charge is 2.27. The van der Waals surface area contributed by atoms with Crippen LogP contribution in [0.15, 0.2) is 28.8 Å². The molecule has 4 rings (SSSR count). The monoisotopic (exact) mass is 387 g/mol. The van der Waals surface area contributed by atoms with Crippen LogP contribution in [0.2, 0.25) is 5.02 Å². The summed E-state index contributed by atoms with van der Waals surface area (Å²) in [6, 6.07) is 7.86. The Morgan fingerprint density at radius 1 is 1.30 bits per heavy atom. The van der Waals surface area contributed by atoms with Gasteiger partial charge in [0.1, 0.15) is 11.5 Å². The number of benzene rings is 1. The molecule has 1 amide bonds. The SMILES string of the molecule is O=C(CCc1ccccc1Cl)NC1CCc2onc(CN3CCCC3)c2C1. The number of halogens is 1. The first-order valence-corrected chi connectivity index (χ1v) is 10.3. The molecule has 144 valence electrons. The number of nitrogens with zero attached hydrogens (tertiary/aromatic N) is 2.